The number of amides is 2. The zero-order chi connectivity index (χ0) is 13.9. The van der Waals surface area contributed by atoms with E-state index in [1.807, 2.05) is 0 Å². The molecule has 1 aromatic heterocycles. The first kappa shape index (κ1) is 13.8. The van der Waals surface area contributed by atoms with Crippen LogP contribution in [0.5, 0.6) is 0 Å². The number of hydrogen-bond acceptors (Lipinski definition) is 3. The molecule has 0 aliphatic heterocycles. The molecule has 0 aromatic carbocycles. The van der Waals surface area contributed by atoms with Gasteiger partial charge in [0.15, 0.2) is 0 Å². The Morgan fingerprint density at radius 1 is 1.44 bits per heavy atom. The maximum absolute atomic E-state index is 11.7. The van der Waals surface area contributed by atoms with Crippen LogP contribution in [0.2, 0.25) is 0 Å². The minimum atomic E-state index is -1.17. The number of nitrogens with one attached hydrogen (secondary N) is 1. The molecular formula is C11H15N3O4. The molecule has 0 unspecified atom stereocenters. The number of carbonyl (C=O) groups excluding carboxylic acids is 2. The van der Waals surface area contributed by atoms with Gasteiger partial charge in [-0.05, 0) is 26.0 Å². The van der Waals surface area contributed by atoms with Crippen LogP contribution < -0.4 is 11.1 Å². The van der Waals surface area contributed by atoms with Gasteiger partial charge in [0.05, 0.1) is 0 Å². The smallest absolute Gasteiger partial charge is 0.352 e. The molecule has 0 radical (unpaired) electrons. The van der Waals surface area contributed by atoms with E-state index in [-0.39, 0.29) is 12.2 Å². The van der Waals surface area contributed by atoms with Crippen molar-refractivity contribution in [2.45, 2.75) is 25.9 Å². The minimum absolute atomic E-state index is 0.00188. The number of nitrogens with zero attached hydrogens (tertiary/aromatic N) is 1. The highest BCUT2D eigenvalue weighted by Crippen LogP contribution is 2.04. The largest absolute Gasteiger partial charge is 0.477 e. The Balaban J connectivity index is 2.74. The first-order valence-electron chi connectivity index (χ1n) is 5.23. The summed E-state index contributed by atoms with van der Waals surface area (Å²) in [5, 5.41) is 11.3. The lowest BCUT2D eigenvalue weighted by atomic mass is 10.1. The number of carbonyl (C=O) groups is 3. The molecule has 98 valence electrons. The molecule has 7 nitrogen and oxygen atoms in total. The van der Waals surface area contributed by atoms with Gasteiger partial charge < -0.3 is 20.7 Å². The van der Waals surface area contributed by atoms with Gasteiger partial charge in [0.25, 0.3) is 0 Å². The predicted molar refractivity (Wildman–Crippen MR) is 62.8 cm³/mol. The summed E-state index contributed by atoms with van der Waals surface area (Å²) < 4.78 is 1.27. The van der Waals surface area contributed by atoms with Gasteiger partial charge in [0.2, 0.25) is 11.8 Å². The van der Waals surface area contributed by atoms with Crippen LogP contribution in [-0.2, 0) is 16.1 Å². The second-order valence-corrected chi connectivity index (χ2v) is 4.36. The highest BCUT2D eigenvalue weighted by Gasteiger charge is 2.27. The molecule has 1 aromatic rings. The Labute approximate surface area is 104 Å². The summed E-state index contributed by atoms with van der Waals surface area (Å²) in [7, 11) is 0. The van der Waals surface area contributed by atoms with Crippen LogP contribution in [0.3, 0.4) is 0 Å². The van der Waals surface area contributed by atoms with Gasteiger partial charge in [-0.25, -0.2) is 4.79 Å². The second kappa shape index (κ2) is 4.91. The molecule has 1 heterocycles. The summed E-state index contributed by atoms with van der Waals surface area (Å²) in [6, 6.07) is 2.91. The van der Waals surface area contributed by atoms with E-state index < -0.39 is 23.3 Å². The number of hydrogen-bond donors (Lipinski definition) is 3. The van der Waals surface area contributed by atoms with E-state index in [9.17, 15) is 14.4 Å². The third-order valence-electron chi connectivity index (χ3n) is 2.43. The Bertz CT molecular complexity index is 490. The molecule has 4 N–H and O–H groups in total. The molecule has 0 saturated heterocycles. The van der Waals surface area contributed by atoms with E-state index in [0.29, 0.717) is 0 Å². The van der Waals surface area contributed by atoms with Crippen molar-refractivity contribution < 1.29 is 19.5 Å². The Morgan fingerprint density at radius 3 is 2.56 bits per heavy atom. The fraction of sp³-hybridized carbons (Fsp3) is 0.364. The van der Waals surface area contributed by atoms with E-state index in [4.69, 9.17) is 10.8 Å². The highest BCUT2D eigenvalue weighted by molar-refractivity contribution is 5.90. The molecule has 1 rings (SSSR count). The summed E-state index contributed by atoms with van der Waals surface area (Å²) in [6.45, 7) is 2.76. The van der Waals surface area contributed by atoms with Crippen molar-refractivity contribution in [3.05, 3.63) is 24.0 Å². The standard InChI is InChI=1S/C11H15N3O4/c1-11(2,10(12)18)13-8(15)6-14-5-3-4-7(14)9(16)17/h3-5H,6H2,1-2H3,(H2,12,18)(H,13,15)(H,16,17). The van der Waals surface area contributed by atoms with E-state index in [0.717, 1.165) is 0 Å². The van der Waals surface area contributed by atoms with E-state index >= 15 is 0 Å². The Morgan fingerprint density at radius 2 is 2.06 bits per heavy atom. The van der Waals surface area contributed by atoms with Crippen molar-refractivity contribution in [2.75, 3.05) is 0 Å². The molecule has 0 bridgehead atoms. The molecule has 0 atom stereocenters. The van der Waals surface area contributed by atoms with Gasteiger partial charge >= 0.3 is 5.97 Å². The van der Waals surface area contributed by atoms with Crippen molar-refractivity contribution in [3.8, 4) is 0 Å². The topological polar surface area (TPSA) is 114 Å². The molecular weight excluding hydrogens is 238 g/mol. The third kappa shape index (κ3) is 3.09. The quantitative estimate of drug-likeness (QED) is 0.660. The summed E-state index contributed by atoms with van der Waals surface area (Å²) in [4.78, 5) is 33.5. The van der Waals surface area contributed by atoms with Crippen LogP contribution in [0, 0.1) is 0 Å². The molecule has 0 aliphatic rings. The number of carboxylic acid groups (broad SMARTS) is 1. The average molecular weight is 253 g/mol. The van der Waals surface area contributed by atoms with Crippen LogP contribution in [0.4, 0.5) is 0 Å². The maximum atomic E-state index is 11.7. The van der Waals surface area contributed by atoms with Crippen LogP contribution >= 0.6 is 0 Å². The normalized spacial score (nSPS) is 11.0. The molecule has 2 amide bonds. The number of aromatic carboxylic acids is 1. The minimum Gasteiger partial charge on any atom is -0.477 e. The zero-order valence-electron chi connectivity index (χ0n) is 10.1. The number of rotatable bonds is 5. The average Bonchev–Trinajstić information content (AvgIpc) is 2.64. The SMILES string of the molecule is CC(C)(NC(=O)Cn1cccc1C(=O)O)C(N)=O. The van der Waals surface area contributed by atoms with Crippen LogP contribution in [-0.4, -0.2) is 33.0 Å². The third-order valence-corrected chi connectivity index (χ3v) is 2.43. The van der Waals surface area contributed by atoms with Gasteiger partial charge in [-0.3, -0.25) is 9.59 Å². The lowest BCUT2D eigenvalue weighted by molar-refractivity contribution is -0.130. The molecule has 0 fully saturated rings. The molecule has 0 spiro atoms. The van der Waals surface area contributed by atoms with Gasteiger partial charge in [-0.2, -0.15) is 0 Å². The molecule has 0 saturated carbocycles. The van der Waals surface area contributed by atoms with E-state index in [1.54, 1.807) is 0 Å². The summed E-state index contributed by atoms with van der Waals surface area (Å²) in [5.41, 5.74) is 3.94. The fourth-order valence-corrected chi connectivity index (χ4v) is 1.35. The second-order valence-electron chi connectivity index (χ2n) is 4.36. The summed E-state index contributed by atoms with van der Waals surface area (Å²) >= 11 is 0. The van der Waals surface area contributed by atoms with Crippen molar-refractivity contribution in [2.24, 2.45) is 5.73 Å². The molecule has 18 heavy (non-hydrogen) atoms. The predicted octanol–water partition coefficient (Wildman–Crippen LogP) is -0.434. The monoisotopic (exact) mass is 253 g/mol. The number of primary amides is 1. The van der Waals surface area contributed by atoms with Gasteiger partial charge in [0.1, 0.15) is 17.8 Å². The van der Waals surface area contributed by atoms with Crippen LogP contribution in [0.1, 0.15) is 24.3 Å². The number of nitrogens with two attached hydrogens (primary N) is 1. The summed E-state index contributed by atoms with van der Waals surface area (Å²) in [5.74, 6) is -2.28. The lowest BCUT2D eigenvalue weighted by Gasteiger charge is -2.22. The van der Waals surface area contributed by atoms with Crippen molar-refractivity contribution in [1.29, 1.82) is 0 Å². The van der Waals surface area contributed by atoms with Crippen LogP contribution in [0.15, 0.2) is 18.3 Å². The number of carboxylic acids is 1. The summed E-state index contributed by atoms with van der Waals surface area (Å²) in [6.07, 6.45) is 1.47. The van der Waals surface area contributed by atoms with Crippen molar-refractivity contribution in [1.82, 2.24) is 9.88 Å². The number of aromatic nitrogens is 1. The van der Waals surface area contributed by atoms with Gasteiger partial charge in [-0.15, -0.1) is 0 Å². The zero-order valence-corrected chi connectivity index (χ0v) is 10.1. The van der Waals surface area contributed by atoms with Crippen molar-refractivity contribution in [3.63, 3.8) is 0 Å². The lowest BCUT2D eigenvalue weighted by Crippen LogP contribution is -2.53. The molecule has 7 heteroatoms. The first-order valence-corrected chi connectivity index (χ1v) is 5.23. The first-order chi connectivity index (χ1) is 8.24. The van der Waals surface area contributed by atoms with Gasteiger partial charge in [-0.1, -0.05) is 0 Å². The molecule has 0 aliphatic carbocycles. The maximum Gasteiger partial charge on any atom is 0.352 e. The highest BCUT2D eigenvalue weighted by atomic mass is 16.4. The van der Waals surface area contributed by atoms with Crippen LogP contribution in [0.25, 0.3) is 0 Å². The Hall–Kier alpha value is -2.31. The van der Waals surface area contributed by atoms with E-state index in [2.05, 4.69) is 5.32 Å². The van der Waals surface area contributed by atoms with E-state index in [1.165, 1.54) is 36.7 Å². The van der Waals surface area contributed by atoms with Gasteiger partial charge in [0, 0.05) is 6.20 Å². The fourth-order valence-electron chi connectivity index (χ4n) is 1.35. The Kier molecular flexibility index (Phi) is 3.75. The van der Waals surface area contributed by atoms with Crippen molar-refractivity contribution >= 4 is 17.8 Å².